The molecule has 0 aliphatic carbocycles. The SMILES string of the molecule is C=CCC(N)C(=O)N1CCCC1C(=O)NC. The van der Waals surface area contributed by atoms with Crippen LogP contribution in [0.1, 0.15) is 19.3 Å². The topological polar surface area (TPSA) is 75.4 Å². The zero-order valence-corrected chi connectivity index (χ0v) is 9.61. The summed E-state index contributed by atoms with van der Waals surface area (Å²) in [4.78, 5) is 25.1. The molecular formula is C11H19N3O2. The fourth-order valence-electron chi connectivity index (χ4n) is 1.96. The van der Waals surface area contributed by atoms with Crippen LogP contribution in [0, 0.1) is 0 Å². The summed E-state index contributed by atoms with van der Waals surface area (Å²) in [7, 11) is 1.58. The van der Waals surface area contributed by atoms with E-state index in [9.17, 15) is 9.59 Å². The van der Waals surface area contributed by atoms with Gasteiger partial charge in [0, 0.05) is 13.6 Å². The molecule has 2 unspecified atom stereocenters. The van der Waals surface area contributed by atoms with E-state index in [4.69, 9.17) is 5.73 Å². The monoisotopic (exact) mass is 225 g/mol. The number of hydrogen-bond donors (Lipinski definition) is 2. The van der Waals surface area contributed by atoms with Crippen molar-refractivity contribution >= 4 is 11.8 Å². The zero-order valence-electron chi connectivity index (χ0n) is 9.61. The lowest BCUT2D eigenvalue weighted by Crippen LogP contribution is -2.50. The van der Waals surface area contributed by atoms with Crippen LogP contribution in [0.5, 0.6) is 0 Å². The smallest absolute Gasteiger partial charge is 0.242 e. The third-order valence-electron chi connectivity index (χ3n) is 2.82. The first-order chi connectivity index (χ1) is 7.61. The van der Waals surface area contributed by atoms with Gasteiger partial charge in [0.25, 0.3) is 0 Å². The number of carbonyl (C=O) groups is 2. The number of likely N-dealkylation sites (tertiary alicyclic amines) is 1. The molecular weight excluding hydrogens is 206 g/mol. The second-order valence-electron chi connectivity index (χ2n) is 3.93. The van der Waals surface area contributed by atoms with Gasteiger partial charge in [0.15, 0.2) is 0 Å². The van der Waals surface area contributed by atoms with Gasteiger partial charge >= 0.3 is 0 Å². The molecule has 1 heterocycles. The molecule has 0 saturated carbocycles. The van der Waals surface area contributed by atoms with Crippen molar-refractivity contribution < 1.29 is 9.59 Å². The van der Waals surface area contributed by atoms with Gasteiger partial charge in [-0.2, -0.15) is 0 Å². The Hall–Kier alpha value is -1.36. The lowest BCUT2D eigenvalue weighted by Gasteiger charge is -2.25. The van der Waals surface area contributed by atoms with E-state index >= 15 is 0 Å². The van der Waals surface area contributed by atoms with Crippen molar-refractivity contribution in [2.75, 3.05) is 13.6 Å². The molecule has 1 aliphatic heterocycles. The van der Waals surface area contributed by atoms with Gasteiger partial charge in [0.05, 0.1) is 6.04 Å². The molecule has 1 rings (SSSR count). The number of nitrogens with two attached hydrogens (primary N) is 1. The molecule has 0 aromatic rings. The Kier molecular flexibility index (Phi) is 4.49. The molecule has 0 bridgehead atoms. The van der Waals surface area contributed by atoms with Crippen LogP contribution in [0.25, 0.3) is 0 Å². The Morgan fingerprint density at radius 1 is 1.69 bits per heavy atom. The van der Waals surface area contributed by atoms with E-state index in [0.717, 1.165) is 6.42 Å². The number of rotatable bonds is 4. The third-order valence-corrected chi connectivity index (χ3v) is 2.82. The molecule has 16 heavy (non-hydrogen) atoms. The largest absolute Gasteiger partial charge is 0.357 e. The second kappa shape index (κ2) is 5.65. The standard InChI is InChI=1S/C11H19N3O2/c1-3-5-8(12)11(16)14-7-4-6-9(14)10(15)13-2/h3,8-9H,1,4-7,12H2,2H3,(H,13,15). The third kappa shape index (κ3) is 2.61. The predicted octanol–water partition coefficient (Wildman–Crippen LogP) is -0.373. The Labute approximate surface area is 95.7 Å². The van der Waals surface area contributed by atoms with Crippen molar-refractivity contribution in [2.24, 2.45) is 5.73 Å². The molecule has 5 nitrogen and oxygen atoms in total. The molecule has 0 radical (unpaired) electrons. The number of hydrogen-bond acceptors (Lipinski definition) is 3. The summed E-state index contributed by atoms with van der Waals surface area (Å²) >= 11 is 0. The average molecular weight is 225 g/mol. The summed E-state index contributed by atoms with van der Waals surface area (Å²) in [5.41, 5.74) is 5.72. The minimum atomic E-state index is -0.581. The van der Waals surface area contributed by atoms with Crippen LogP contribution in [0.15, 0.2) is 12.7 Å². The highest BCUT2D eigenvalue weighted by Crippen LogP contribution is 2.18. The zero-order chi connectivity index (χ0) is 12.1. The van der Waals surface area contributed by atoms with Crippen LogP contribution in [0.2, 0.25) is 0 Å². The van der Waals surface area contributed by atoms with Gasteiger partial charge < -0.3 is 16.0 Å². The van der Waals surface area contributed by atoms with Crippen molar-refractivity contribution in [1.82, 2.24) is 10.2 Å². The molecule has 90 valence electrons. The van der Waals surface area contributed by atoms with Crippen LogP contribution in [-0.2, 0) is 9.59 Å². The highest BCUT2D eigenvalue weighted by molar-refractivity contribution is 5.90. The summed E-state index contributed by atoms with van der Waals surface area (Å²) in [5.74, 6) is -0.275. The van der Waals surface area contributed by atoms with Crippen molar-refractivity contribution in [3.8, 4) is 0 Å². The highest BCUT2D eigenvalue weighted by atomic mass is 16.2. The van der Waals surface area contributed by atoms with Crippen molar-refractivity contribution in [3.05, 3.63) is 12.7 Å². The van der Waals surface area contributed by atoms with Gasteiger partial charge in [-0.1, -0.05) is 6.08 Å². The maximum Gasteiger partial charge on any atom is 0.242 e. The fourth-order valence-corrected chi connectivity index (χ4v) is 1.96. The number of amides is 2. The first-order valence-electron chi connectivity index (χ1n) is 5.50. The summed E-state index contributed by atoms with van der Waals surface area (Å²) < 4.78 is 0. The van der Waals surface area contributed by atoms with Gasteiger partial charge in [-0.15, -0.1) is 6.58 Å². The van der Waals surface area contributed by atoms with Crippen LogP contribution in [0.4, 0.5) is 0 Å². The molecule has 0 spiro atoms. The average Bonchev–Trinajstić information content (AvgIpc) is 2.76. The molecule has 3 N–H and O–H groups in total. The van der Waals surface area contributed by atoms with Gasteiger partial charge in [0.2, 0.25) is 11.8 Å². The van der Waals surface area contributed by atoms with E-state index < -0.39 is 6.04 Å². The molecule has 1 saturated heterocycles. The molecule has 2 amide bonds. The first kappa shape index (κ1) is 12.7. The van der Waals surface area contributed by atoms with E-state index in [2.05, 4.69) is 11.9 Å². The predicted molar refractivity (Wildman–Crippen MR) is 61.6 cm³/mol. The van der Waals surface area contributed by atoms with E-state index in [1.807, 2.05) is 0 Å². The van der Waals surface area contributed by atoms with Gasteiger partial charge in [-0.25, -0.2) is 0 Å². The number of likely N-dealkylation sites (N-methyl/N-ethyl adjacent to an activating group) is 1. The molecule has 0 aromatic heterocycles. The quantitative estimate of drug-likeness (QED) is 0.641. The number of nitrogens with zero attached hydrogens (tertiary/aromatic N) is 1. The highest BCUT2D eigenvalue weighted by Gasteiger charge is 2.35. The lowest BCUT2D eigenvalue weighted by molar-refractivity contribution is -0.139. The Morgan fingerprint density at radius 2 is 2.38 bits per heavy atom. The summed E-state index contributed by atoms with van der Waals surface area (Å²) in [6.45, 7) is 4.16. The van der Waals surface area contributed by atoms with E-state index in [0.29, 0.717) is 19.4 Å². The Balaban J connectivity index is 2.67. The number of nitrogens with one attached hydrogen (secondary N) is 1. The molecule has 2 atom stereocenters. The minimum Gasteiger partial charge on any atom is -0.357 e. The van der Waals surface area contributed by atoms with Crippen molar-refractivity contribution in [2.45, 2.75) is 31.3 Å². The second-order valence-corrected chi connectivity index (χ2v) is 3.93. The number of carbonyl (C=O) groups excluding carboxylic acids is 2. The van der Waals surface area contributed by atoms with E-state index in [1.54, 1.807) is 18.0 Å². The van der Waals surface area contributed by atoms with Crippen molar-refractivity contribution in [3.63, 3.8) is 0 Å². The van der Waals surface area contributed by atoms with E-state index in [1.165, 1.54) is 0 Å². The van der Waals surface area contributed by atoms with Crippen molar-refractivity contribution in [1.29, 1.82) is 0 Å². The van der Waals surface area contributed by atoms with Gasteiger partial charge in [-0.05, 0) is 19.3 Å². The van der Waals surface area contributed by atoms with Gasteiger partial charge in [-0.3, -0.25) is 9.59 Å². The molecule has 5 heteroatoms. The Bertz CT molecular complexity index is 291. The molecule has 1 aliphatic rings. The summed E-state index contributed by atoms with van der Waals surface area (Å²) in [5, 5.41) is 2.57. The maximum atomic E-state index is 11.9. The summed E-state index contributed by atoms with van der Waals surface area (Å²) in [6.07, 6.45) is 3.63. The fraction of sp³-hybridized carbons (Fsp3) is 0.636. The molecule has 1 fully saturated rings. The van der Waals surface area contributed by atoms with Crippen LogP contribution < -0.4 is 11.1 Å². The Morgan fingerprint density at radius 3 is 2.94 bits per heavy atom. The van der Waals surface area contributed by atoms with E-state index in [-0.39, 0.29) is 17.9 Å². The maximum absolute atomic E-state index is 11.9. The van der Waals surface area contributed by atoms with Crippen LogP contribution in [-0.4, -0.2) is 42.4 Å². The minimum absolute atomic E-state index is 0.114. The molecule has 0 aromatic carbocycles. The normalized spacial score (nSPS) is 21.6. The lowest BCUT2D eigenvalue weighted by atomic mass is 10.1. The van der Waals surface area contributed by atoms with Crippen LogP contribution in [0.3, 0.4) is 0 Å². The van der Waals surface area contributed by atoms with Crippen LogP contribution >= 0.6 is 0 Å². The summed E-state index contributed by atoms with van der Waals surface area (Å²) in [6, 6.07) is -0.934. The first-order valence-corrected chi connectivity index (χ1v) is 5.50. The van der Waals surface area contributed by atoms with Gasteiger partial charge in [0.1, 0.15) is 6.04 Å².